The molecule has 1 aromatic heterocycles. The molecule has 0 aliphatic rings. The number of anilines is 1. The van der Waals surface area contributed by atoms with Gasteiger partial charge in [-0.2, -0.15) is 0 Å². The summed E-state index contributed by atoms with van der Waals surface area (Å²) in [4.78, 5) is 11.8. The van der Waals surface area contributed by atoms with E-state index in [1.807, 2.05) is 13.8 Å². The fourth-order valence-corrected chi connectivity index (χ4v) is 0.774. The van der Waals surface area contributed by atoms with Crippen molar-refractivity contribution in [1.29, 1.82) is 0 Å². The minimum absolute atomic E-state index is 0.426. The maximum Gasteiger partial charge on any atom is 0.153 e. The van der Waals surface area contributed by atoms with Crippen LogP contribution in [0.5, 0.6) is 0 Å². The summed E-state index contributed by atoms with van der Waals surface area (Å²) in [7, 11) is 0. The zero-order valence-electron chi connectivity index (χ0n) is 6.57. The Morgan fingerprint density at radius 2 is 2.27 bits per heavy atom. The number of aryl methyl sites for hydroxylation is 1. The molecule has 0 unspecified atom stereocenters. The molecule has 0 saturated heterocycles. The van der Waals surface area contributed by atoms with Crippen molar-refractivity contribution >= 4 is 17.7 Å². The number of hydrogen-bond acceptors (Lipinski definition) is 4. The van der Waals surface area contributed by atoms with Crippen molar-refractivity contribution in [2.75, 3.05) is 5.73 Å². The van der Waals surface area contributed by atoms with Gasteiger partial charge in [0.2, 0.25) is 0 Å². The first-order chi connectivity index (χ1) is 5.25. The van der Waals surface area contributed by atoms with Crippen molar-refractivity contribution in [3.8, 4) is 0 Å². The highest BCUT2D eigenvalue weighted by Gasteiger charge is 2.00. The maximum atomic E-state index is 5.54. The van der Waals surface area contributed by atoms with Crippen LogP contribution in [0.25, 0.3) is 0 Å². The molecule has 1 rings (SSSR count). The Hall–Kier alpha value is -1.45. The van der Waals surface area contributed by atoms with E-state index in [9.17, 15) is 0 Å². The van der Waals surface area contributed by atoms with Gasteiger partial charge in [0, 0.05) is 6.21 Å². The summed E-state index contributed by atoms with van der Waals surface area (Å²) < 4.78 is 0. The van der Waals surface area contributed by atoms with E-state index in [2.05, 4.69) is 15.0 Å². The summed E-state index contributed by atoms with van der Waals surface area (Å²) in [6.07, 6.45) is 3.10. The lowest BCUT2D eigenvalue weighted by atomic mass is 10.3. The normalized spacial score (nSPS) is 10.7. The van der Waals surface area contributed by atoms with Gasteiger partial charge in [-0.15, -0.1) is 0 Å². The van der Waals surface area contributed by atoms with Crippen LogP contribution in [0.2, 0.25) is 0 Å². The number of hydrogen-bond donors (Lipinski definition) is 1. The van der Waals surface area contributed by atoms with Gasteiger partial charge in [0.1, 0.15) is 12.0 Å². The van der Waals surface area contributed by atoms with Crippen molar-refractivity contribution in [3.05, 3.63) is 12.0 Å². The Morgan fingerprint density at radius 3 is 2.82 bits per heavy atom. The summed E-state index contributed by atoms with van der Waals surface area (Å²) in [5, 5.41) is 0. The minimum Gasteiger partial charge on any atom is -0.382 e. The van der Waals surface area contributed by atoms with Crippen molar-refractivity contribution in [1.82, 2.24) is 9.97 Å². The Bertz CT molecular complexity index is 260. The van der Waals surface area contributed by atoms with Crippen LogP contribution in [0, 0.1) is 6.92 Å². The van der Waals surface area contributed by atoms with Gasteiger partial charge in [-0.05, 0) is 13.8 Å². The molecule has 0 bridgehead atoms. The third-order valence-electron chi connectivity index (χ3n) is 1.29. The van der Waals surface area contributed by atoms with E-state index in [4.69, 9.17) is 5.73 Å². The van der Waals surface area contributed by atoms with Crippen molar-refractivity contribution in [2.24, 2.45) is 4.99 Å². The summed E-state index contributed by atoms with van der Waals surface area (Å²) in [6.45, 7) is 3.67. The second-order valence-electron chi connectivity index (χ2n) is 2.08. The maximum absolute atomic E-state index is 5.54. The fraction of sp³-hybridized carbons (Fsp3) is 0.286. The van der Waals surface area contributed by atoms with Crippen LogP contribution in [0.4, 0.5) is 11.5 Å². The highest BCUT2D eigenvalue weighted by molar-refractivity contribution is 5.68. The molecule has 0 aliphatic heterocycles. The van der Waals surface area contributed by atoms with E-state index >= 15 is 0 Å². The Balaban J connectivity index is 3.20. The molecule has 0 radical (unpaired) electrons. The highest BCUT2D eigenvalue weighted by atomic mass is 15.0. The lowest BCUT2D eigenvalue weighted by molar-refractivity contribution is 1.10. The standard InChI is InChI=1S/C7H10N4/c1-3-9-6-5(2)10-4-11-7(6)8/h3-4H,1-2H3,(H2,8,10,11)/b9-3-. The second-order valence-corrected chi connectivity index (χ2v) is 2.08. The van der Waals surface area contributed by atoms with Gasteiger partial charge in [0.25, 0.3) is 0 Å². The molecule has 4 nitrogen and oxygen atoms in total. The SMILES string of the molecule is C/C=N\c1c(C)ncnc1N. The van der Waals surface area contributed by atoms with Crippen LogP contribution in [0.3, 0.4) is 0 Å². The van der Waals surface area contributed by atoms with Gasteiger partial charge in [0.15, 0.2) is 5.82 Å². The average molecular weight is 150 g/mol. The van der Waals surface area contributed by atoms with Crippen LogP contribution in [0.15, 0.2) is 11.3 Å². The number of nitrogens with two attached hydrogens (primary N) is 1. The van der Waals surface area contributed by atoms with E-state index in [1.165, 1.54) is 6.33 Å². The smallest absolute Gasteiger partial charge is 0.153 e. The Labute approximate surface area is 65.2 Å². The van der Waals surface area contributed by atoms with Gasteiger partial charge in [-0.25, -0.2) is 9.97 Å². The van der Waals surface area contributed by atoms with Crippen molar-refractivity contribution in [2.45, 2.75) is 13.8 Å². The first-order valence-corrected chi connectivity index (χ1v) is 3.31. The molecule has 1 aromatic rings. The highest BCUT2D eigenvalue weighted by Crippen LogP contribution is 2.20. The molecule has 0 aromatic carbocycles. The molecule has 0 aliphatic carbocycles. The molecular weight excluding hydrogens is 140 g/mol. The molecule has 0 spiro atoms. The van der Waals surface area contributed by atoms with Gasteiger partial charge in [-0.1, -0.05) is 0 Å². The minimum atomic E-state index is 0.426. The second kappa shape index (κ2) is 3.09. The first-order valence-electron chi connectivity index (χ1n) is 3.31. The van der Waals surface area contributed by atoms with Gasteiger partial charge in [0.05, 0.1) is 5.69 Å². The molecule has 0 fully saturated rings. The van der Waals surface area contributed by atoms with Crippen molar-refractivity contribution in [3.63, 3.8) is 0 Å². The third-order valence-corrected chi connectivity index (χ3v) is 1.29. The summed E-state index contributed by atoms with van der Waals surface area (Å²) >= 11 is 0. The van der Waals surface area contributed by atoms with Gasteiger partial charge < -0.3 is 5.73 Å². The number of aliphatic imine (C=N–C) groups is 1. The predicted molar refractivity (Wildman–Crippen MR) is 45.0 cm³/mol. The topological polar surface area (TPSA) is 64.2 Å². The van der Waals surface area contributed by atoms with E-state index in [0.717, 1.165) is 5.69 Å². The predicted octanol–water partition coefficient (Wildman–Crippen LogP) is 1.09. The molecule has 0 amide bonds. The number of nitrogen functional groups attached to an aromatic ring is 1. The Kier molecular flexibility index (Phi) is 2.15. The number of nitrogens with zero attached hydrogens (tertiary/aromatic N) is 3. The zero-order valence-corrected chi connectivity index (χ0v) is 6.57. The molecular formula is C7H10N4. The largest absolute Gasteiger partial charge is 0.382 e. The zero-order chi connectivity index (χ0) is 8.27. The van der Waals surface area contributed by atoms with E-state index in [-0.39, 0.29) is 0 Å². The van der Waals surface area contributed by atoms with Crippen LogP contribution in [-0.2, 0) is 0 Å². The summed E-state index contributed by atoms with van der Waals surface area (Å²) in [6, 6.07) is 0. The lowest BCUT2D eigenvalue weighted by Gasteiger charge is -1.99. The van der Waals surface area contributed by atoms with Gasteiger partial charge in [-0.3, -0.25) is 4.99 Å². The van der Waals surface area contributed by atoms with Crippen LogP contribution in [-0.4, -0.2) is 16.2 Å². The van der Waals surface area contributed by atoms with Crippen LogP contribution >= 0.6 is 0 Å². The monoisotopic (exact) mass is 150 g/mol. The number of rotatable bonds is 1. The molecule has 4 heteroatoms. The molecule has 0 saturated carbocycles. The van der Waals surface area contributed by atoms with Crippen LogP contribution in [0.1, 0.15) is 12.6 Å². The fourth-order valence-electron chi connectivity index (χ4n) is 0.774. The summed E-state index contributed by atoms with van der Waals surface area (Å²) in [5.74, 6) is 0.426. The third kappa shape index (κ3) is 1.52. The van der Waals surface area contributed by atoms with Gasteiger partial charge >= 0.3 is 0 Å². The molecule has 58 valence electrons. The molecule has 2 N–H and O–H groups in total. The average Bonchev–Trinajstić information content (AvgIpc) is 1.97. The molecule has 11 heavy (non-hydrogen) atoms. The van der Waals surface area contributed by atoms with E-state index in [0.29, 0.717) is 11.5 Å². The number of aromatic nitrogens is 2. The lowest BCUT2D eigenvalue weighted by Crippen LogP contribution is -1.94. The summed E-state index contributed by atoms with van der Waals surface area (Å²) in [5.41, 5.74) is 7.01. The molecule has 0 atom stereocenters. The van der Waals surface area contributed by atoms with E-state index in [1.54, 1.807) is 6.21 Å². The quantitative estimate of drug-likeness (QED) is 0.609. The molecule has 1 heterocycles. The Morgan fingerprint density at radius 1 is 1.55 bits per heavy atom. The first kappa shape index (κ1) is 7.65. The van der Waals surface area contributed by atoms with Crippen LogP contribution < -0.4 is 5.73 Å². The van der Waals surface area contributed by atoms with Crippen molar-refractivity contribution < 1.29 is 0 Å². The van der Waals surface area contributed by atoms with E-state index < -0.39 is 0 Å².